The third kappa shape index (κ3) is 2.87. The summed E-state index contributed by atoms with van der Waals surface area (Å²) in [6.07, 6.45) is 6.55. The van der Waals surface area contributed by atoms with Crippen molar-refractivity contribution < 1.29 is 9.59 Å². The lowest BCUT2D eigenvalue weighted by atomic mass is 9.98. The zero-order chi connectivity index (χ0) is 15.7. The molecule has 5 heteroatoms. The van der Waals surface area contributed by atoms with Gasteiger partial charge < -0.3 is 15.5 Å². The van der Waals surface area contributed by atoms with E-state index < -0.39 is 0 Å². The monoisotopic (exact) mass is 307 g/mol. The lowest BCUT2D eigenvalue weighted by molar-refractivity contribution is -0.147. The van der Waals surface area contributed by atoms with Gasteiger partial charge in [-0.05, 0) is 50.4 Å². The number of carbonyl (C=O) groups excluding carboxylic acids is 2. The van der Waals surface area contributed by atoms with Gasteiger partial charge in [-0.2, -0.15) is 0 Å². The predicted molar refractivity (Wildman–Crippen MR) is 85.0 cm³/mol. The smallest absolute Gasteiger partial charge is 0.245 e. The lowest BCUT2D eigenvalue weighted by Gasteiger charge is -2.37. The van der Waals surface area contributed by atoms with Crippen molar-refractivity contribution >= 4 is 11.8 Å². The fourth-order valence-corrected chi connectivity index (χ4v) is 4.54. The molecule has 3 rings (SSSR count). The normalized spacial score (nSPS) is 34.8. The molecule has 3 aliphatic rings. The molecular formula is C17H29N3O2. The van der Waals surface area contributed by atoms with Gasteiger partial charge in [-0.3, -0.25) is 9.59 Å². The average Bonchev–Trinajstić information content (AvgIpc) is 3.09. The molecule has 4 atom stereocenters. The van der Waals surface area contributed by atoms with Crippen LogP contribution in [0.4, 0.5) is 0 Å². The molecule has 22 heavy (non-hydrogen) atoms. The number of rotatable bonds is 3. The molecule has 1 aliphatic carbocycles. The van der Waals surface area contributed by atoms with E-state index in [-0.39, 0.29) is 23.9 Å². The number of fused-ring (bicyclic) bond motifs is 1. The molecule has 0 aromatic rings. The summed E-state index contributed by atoms with van der Waals surface area (Å²) in [5.41, 5.74) is 6.17. The maximum atomic E-state index is 12.9. The first-order valence-corrected chi connectivity index (χ1v) is 8.95. The third-order valence-electron chi connectivity index (χ3n) is 5.80. The molecule has 5 nitrogen and oxygen atoms in total. The maximum absolute atomic E-state index is 12.9. The second kappa shape index (κ2) is 6.57. The van der Waals surface area contributed by atoms with E-state index in [2.05, 4.69) is 0 Å². The van der Waals surface area contributed by atoms with Crippen LogP contribution in [0.2, 0.25) is 0 Å². The summed E-state index contributed by atoms with van der Waals surface area (Å²) < 4.78 is 0. The summed E-state index contributed by atoms with van der Waals surface area (Å²) in [5.74, 6) is 1.39. The minimum atomic E-state index is -0.220. The molecule has 0 aromatic heterocycles. The van der Waals surface area contributed by atoms with Crippen molar-refractivity contribution in [3.05, 3.63) is 0 Å². The molecule has 1 saturated carbocycles. The van der Waals surface area contributed by atoms with Crippen molar-refractivity contribution in [2.24, 2.45) is 17.6 Å². The first kappa shape index (κ1) is 15.8. The first-order valence-electron chi connectivity index (χ1n) is 8.95. The molecule has 2 N–H and O–H groups in total. The predicted octanol–water partition coefficient (Wildman–Crippen LogP) is 1.36. The van der Waals surface area contributed by atoms with Gasteiger partial charge in [0.15, 0.2) is 0 Å². The Morgan fingerprint density at radius 1 is 1.14 bits per heavy atom. The Morgan fingerprint density at radius 3 is 2.68 bits per heavy atom. The van der Waals surface area contributed by atoms with E-state index in [1.54, 1.807) is 0 Å². The lowest BCUT2D eigenvalue weighted by Crippen LogP contribution is -2.53. The summed E-state index contributed by atoms with van der Waals surface area (Å²) in [4.78, 5) is 29.1. The Hall–Kier alpha value is -1.10. The van der Waals surface area contributed by atoms with Crippen LogP contribution in [-0.4, -0.2) is 53.3 Å². The van der Waals surface area contributed by atoms with Gasteiger partial charge in [0, 0.05) is 32.1 Å². The molecule has 2 amide bonds. The fraction of sp³-hybridized carbons (Fsp3) is 0.882. The Balaban J connectivity index is 1.66. The molecule has 2 saturated heterocycles. The van der Waals surface area contributed by atoms with Crippen LogP contribution in [0.25, 0.3) is 0 Å². The van der Waals surface area contributed by atoms with Crippen LogP contribution in [0.15, 0.2) is 0 Å². The van der Waals surface area contributed by atoms with E-state index in [9.17, 15) is 9.59 Å². The quantitative estimate of drug-likeness (QED) is 0.856. The second-order valence-electron chi connectivity index (χ2n) is 7.26. The summed E-state index contributed by atoms with van der Waals surface area (Å²) in [6.45, 7) is 4.41. The van der Waals surface area contributed by atoms with Gasteiger partial charge in [-0.15, -0.1) is 0 Å². The van der Waals surface area contributed by atoms with Crippen molar-refractivity contribution in [2.75, 3.05) is 19.6 Å². The highest BCUT2D eigenvalue weighted by Gasteiger charge is 2.45. The molecule has 2 aliphatic heterocycles. The van der Waals surface area contributed by atoms with Gasteiger partial charge in [0.05, 0.1) is 0 Å². The van der Waals surface area contributed by atoms with Crippen LogP contribution in [0.5, 0.6) is 0 Å². The standard InChI is InChI=1S/C17H29N3O2/c1-2-5-16(21)20-9-4-3-6-15(20)17(22)19-10-12-7-8-14(18)13(12)11-19/h12-15H,2-11,18H2,1H3. The van der Waals surface area contributed by atoms with Crippen LogP contribution in [-0.2, 0) is 9.59 Å². The number of hydrogen-bond acceptors (Lipinski definition) is 3. The van der Waals surface area contributed by atoms with Gasteiger partial charge >= 0.3 is 0 Å². The molecule has 4 unspecified atom stereocenters. The second-order valence-corrected chi connectivity index (χ2v) is 7.26. The van der Waals surface area contributed by atoms with Crippen molar-refractivity contribution in [1.82, 2.24) is 9.80 Å². The van der Waals surface area contributed by atoms with Crippen LogP contribution in [0.3, 0.4) is 0 Å². The van der Waals surface area contributed by atoms with E-state index in [1.807, 2.05) is 16.7 Å². The third-order valence-corrected chi connectivity index (χ3v) is 5.80. The van der Waals surface area contributed by atoms with Gasteiger partial charge in [0.25, 0.3) is 0 Å². The van der Waals surface area contributed by atoms with Gasteiger partial charge in [0.2, 0.25) is 11.8 Å². The van der Waals surface area contributed by atoms with Crippen LogP contribution < -0.4 is 5.73 Å². The minimum Gasteiger partial charge on any atom is -0.340 e. The minimum absolute atomic E-state index is 0.150. The molecule has 2 heterocycles. The fourth-order valence-electron chi connectivity index (χ4n) is 4.54. The number of hydrogen-bond donors (Lipinski definition) is 1. The summed E-state index contributed by atoms with van der Waals surface area (Å²) in [7, 11) is 0. The van der Waals surface area contributed by atoms with E-state index >= 15 is 0 Å². The first-order chi connectivity index (χ1) is 10.6. The maximum Gasteiger partial charge on any atom is 0.245 e. The molecule has 124 valence electrons. The Kier molecular flexibility index (Phi) is 4.71. The van der Waals surface area contributed by atoms with Gasteiger partial charge in [-0.1, -0.05) is 6.92 Å². The zero-order valence-electron chi connectivity index (χ0n) is 13.7. The molecule has 0 aromatic carbocycles. The van der Waals surface area contributed by atoms with Crippen molar-refractivity contribution in [2.45, 2.75) is 64.0 Å². The van der Waals surface area contributed by atoms with Crippen LogP contribution in [0.1, 0.15) is 51.9 Å². The SMILES string of the molecule is CCCC(=O)N1CCCCC1C(=O)N1CC2CCC(N)C2C1. The Morgan fingerprint density at radius 2 is 1.95 bits per heavy atom. The number of likely N-dealkylation sites (tertiary alicyclic amines) is 2. The average molecular weight is 307 g/mol. The molecule has 0 bridgehead atoms. The topological polar surface area (TPSA) is 66.6 Å². The zero-order valence-corrected chi connectivity index (χ0v) is 13.7. The highest BCUT2D eigenvalue weighted by Crippen LogP contribution is 2.37. The van der Waals surface area contributed by atoms with Crippen molar-refractivity contribution in [1.29, 1.82) is 0 Å². The van der Waals surface area contributed by atoms with E-state index in [1.165, 1.54) is 0 Å². The molecule has 3 fully saturated rings. The van der Waals surface area contributed by atoms with E-state index in [0.717, 1.165) is 58.2 Å². The number of nitrogens with zero attached hydrogens (tertiary/aromatic N) is 2. The van der Waals surface area contributed by atoms with Gasteiger partial charge in [0.1, 0.15) is 6.04 Å². The van der Waals surface area contributed by atoms with Crippen LogP contribution in [0, 0.1) is 11.8 Å². The highest BCUT2D eigenvalue weighted by molar-refractivity contribution is 5.88. The van der Waals surface area contributed by atoms with Crippen LogP contribution >= 0.6 is 0 Å². The summed E-state index contributed by atoms with van der Waals surface area (Å²) in [5, 5.41) is 0. The van der Waals surface area contributed by atoms with Gasteiger partial charge in [-0.25, -0.2) is 0 Å². The molecular weight excluding hydrogens is 278 g/mol. The largest absolute Gasteiger partial charge is 0.340 e. The Bertz CT molecular complexity index is 440. The van der Waals surface area contributed by atoms with Crippen molar-refractivity contribution in [3.63, 3.8) is 0 Å². The van der Waals surface area contributed by atoms with E-state index in [4.69, 9.17) is 5.73 Å². The van der Waals surface area contributed by atoms with Crippen molar-refractivity contribution in [3.8, 4) is 0 Å². The highest BCUT2D eigenvalue weighted by atomic mass is 16.2. The molecule has 0 spiro atoms. The number of piperidine rings is 1. The Labute approximate surface area is 133 Å². The molecule has 0 radical (unpaired) electrons. The summed E-state index contributed by atoms with van der Waals surface area (Å²) in [6, 6.07) is 0.0369. The number of amides is 2. The summed E-state index contributed by atoms with van der Waals surface area (Å²) >= 11 is 0. The number of nitrogens with two attached hydrogens (primary N) is 1. The number of carbonyl (C=O) groups is 2. The van der Waals surface area contributed by atoms with E-state index in [0.29, 0.717) is 18.3 Å².